The Kier molecular flexibility index (Phi) is 4.71. The van der Waals surface area contributed by atoms with E-state index in [1.165, 1.54) is 11.1 Å². The van der Waals surface area contributed by atoms with Gasteiger partial charge in [0.2, 0.25) is 0 Å². The van der Waals surface area contributed by atoms with Gasteiger partial charge in [-0.2, -0.15) is 5.10 Å². The van der Waals surface area contributed by atoms with Crippen molar-refractivity contribution < 1.29 is 4.74 Å². The van der Waals surface area contributed by atoms with Gasteiger partial charge in [0.05, 0.1) is 12.3 Å². The highest BCUT2D eigenvalue weighted by atomic mass is 16.5. The van der Waals surface area contributed by atoms with Crippen LogP contribution in [0.4, 0.5) is 0 Å². The number of likely N-dealkylation sites (N-methyl/N-ethyl adjacent to an activating group) is 1. The van der Waals surface area contributed by atoms with Gasteiger partial charge in [0.1, 0.15) is 0 Å². The van der Waals surface area contributed by atoms with E-state index in [1.807, 2.05) is 42.3 Å². The molecule has 0 amide bonds. The van der Waals surface area contributed by atoms with E-state index in [4.69, 9.17) is 4.74 Å². The third-order valence-electron chi connectivity index (χ3n) is 3.14. The molecule has 0 unspecified atom stereocenters. The maximum atomic E-state index is 5.59. The predicted molar refractivity (Wildman–Crippen MR) is 75.7 cm³/mol. The summed E-state index contributed by atoms with van der Waals surface area (Å²) in [6.07, 6.45) is 4.05. The highest BCUT2D eigenvalue weighted by Crippen LogP contribution is 2.17. The van der Waals surface area contributed by atoms with Gasteiger partial charge >= 0.3 is 0 Å². The van der Waals surface area contributed by atoms with Crippen molar-refractivity contribution >= 4 is 0 Å². The zero-order valence-electron chi connectivity index (χ0n) is 11.8. The molecule has 1 aromatic carbocycles. The fourth-order valence-electron chi connectivity index (χ4n) is 2.20. The summed E-state index contributed by atoms with van der Waals surface area (Å²) in [7, 11) is 5.79. The Balaban J connectivity index is 1.95. The van der Waals surface area contributed by atoms with Gasteiger partial charge in [-0.3, -0.25) is 9.58 Å². The van der Waals surface area contributed by atoms with Gasteiger partial charge in [-0.05, 0) is 12.6 Å². The second kappa shape index (κ2) is 6.50. The number of hydrogen-bond acceptors (Lipinski definition) is 3. The maximum Gasteiger partial charge on any atom is 0.0947 e. The summed E-state index contributed by atoms with van der Waals surface area (Å²) in [5.41, 5.74) is 2.43. The van der Waals surface area contributed by atoms with Crippen molar-refractivity contribution in [1.29, 1.82) is 0 Å². The van der Waals surface area contributed by atoms with Gasteiger partial charge < -0.3 is 4.74 Å². The number of aromatic nitrogens is 2. The smallest absolute Gasteiger partial charge is 0.0947 e. The average Bonchev–Trinajstić information content (AvgIpc) is 2.82. The Bertz CT molecular complexity index is 495. The molecule has 0 aliphatic heterocycles. The van der Waals surface area contributed by atoms with Crippen molar-refractivity contribution in [3.8, 4) is 0 Å². The molecular formula is C15H21N3O. The molecule has 0 fully saturated rings. The van der Waals surface area contributed by atoms with Gasteiger partial charge in [-0.25, -0.2) is 0 Å². The van der Waals surface area contributed by atoms with Crippen molar-refractivity contribution in [2.45, 2.75) is 12.6 Å². The fourth-order valence-corrected chi connectivity index (χ4v) is 2.20. The van der Waals surface area contributed by atoms with Crippen LogP contribution in [0.3, 0.4) is 0 Å². The molecular weight excluding hydrogens is 238 g/mol. The largest absolute Gasteiger partial charge is 0.375 e. The number of aryl methyl sites for hydroxylation is 1. The summed E-state index contributed by atoms with van der Waals surface area (Å²) < 4.78 is 7.41. The Labute approximate surface area is 114 Å². The van der Waals surface area contributed by atoms with Crippen LogP contribution in [0.1, 0.15) is 17.2 Å². The second-order valence-electron chi connectivity index (χ2n) is 4.85. The SMILES string of the molecule is CO[C@H](CN(C)Cc1cnn(C)c1)c1ccccc1. The number of ether oxygens (including phenoxy) is 1. The molecule has 19 heavy (non-hydrogen) atoms. The van der Waals surface area contributed by atoms with Gasteiger partial charge in [0.15, 0.2) is 0 Å². The molecule has 2 aromatic rings. The van der Waals surface area contributed by atoms with Crippen molar-refractivity contribution in [3.05, 3.63) is 53.9 Å². The van der Waals surface area contributed by atoms with Crippen LogP contribution in [0.15, 0.2) is 42.7 Å². The zero-order chi connectivity index (χ0) is 13.7. The zero-order valence-corrected chi connectivity index (χ0v) is 11.8. The molecule has 1 atom stereocenters. The summed E-state index contributed by atoms with van der Waals surface area (Å²) in [5, 5.41) is 4.19. The van der Waals surface area contributed by atoms with Crippen LogP contribution in [-0.4, -0.2) is 35.4 Å². The van der Waals surface area contributed by atoms with Crippen LogP contribution < -0.4 is 0 Å². The van der Waals surface area contributed by atoms with E-state index in [-0.39, 0.29) is 6.10 Å². The Morgan fingerprint density at radius 3 is 2.63 bits per heavy atom. The minimum atomic E-state index is 0.0999. The fraction of sp³-hybridized carbons (Fsp3) is 0.400. The van der Waals surface area contributed by atoms with E-state index in [2.05, 4.69) is 29.2 Å². The van der Waals surface area contributed by atoms with Gasteiger partial charge in [0, 0.05) is 39.0 Å². The van der Waals surface area contributed by atoms with Crippen LogP contribution in [0.25, 0.3) is 0 Å². The quantitative estimate of drug-likeness (QED) is 0.797. The van der Waals surface area contributed by atoms with Crippen LogP contribution in [0.2, 0.25) is 0 Å². The summed E-state index contributed by atoms with van der Waals surface area (Å²) >= 11 is 0. The van der Waals surface area contributed by atoms with E-state index in [1.54, 1.807) is 7.11 Å². The highest BCUT2D eigenvalue weighted by molar-refractivity contribution is 5.18. The summed E-state index contributed by atoms with van der Waals surface area (Å²) in [6, 6.07) is 10.3. The Hall–Kier alpha value is -1.65. The normalized spacial score (nSPS) is 12.8. The minimum absolute atomic E-state index is 0.0999. The molecule has 0 aliphatic rings. The lowest BCUT2D eigenvalue weighted by Gasteiger charge is -2.23. The third-order valence-corrected chi connectivity index (χ3v) is 3.14. The molecule has 0 saturated heterocycles. The van der Waals surface area contributed by atoms with Gasteiger partial charge in [-0.1, -0.05) is 30.3 Å². The van der Waals surface area contributed by atoms with Crippen LogP contribution in [0.5, 0.6) is 0 Å². The van der Waals surface area contributed by atoms with E-state index < -0.39 is 0 Å². The van der Waals surface area contributed by atoms with Crippen molar-refractivity contribution in [1.82, 2.24) is 14.7 Å². The van der Waals surface area contributed by atoms with E-state index >= 15 is 0 Å². The Morgan fingerprint density at radius 2 is 2.05 bits per heavy atom. The van der Waals surface area contributed by atoms with Gasteiger partial charge in [0.25, 0.3) is 0 Å². The lowest BCUT2D eigenvalue weighted by Crippen LogP contribution is -2.25. The average molecular weight is 259 g/mol. The number of rotatable bonds is 6. The van der Waals surface area contributed by atoms with Gasteiger partial charge in [-0.15, -0.1) is 0 Å². The molecule has 4 nitrogen and oxygen atoms in total. The predicted octanol–water partition coefficient (Wildman–Crippen LogP) is 2.24. The van der Waals surface area contributed by atoms with E-state index in [0.717, 1.165) is 13.1 Å². The van der Waals surface area contributed by atoms with E-state index in [9.17, 15) is 0 Å². The lowest BCUT2D eigenvalue weighted by atomic mass is 10.1. The lowest BCUT2D eigenvalue weighted by molar-refractivity contribution is 0.0696. The number of hydrogen-bond donors (Lipinski definition) is 0. The minimum Gasteiger partial charge on any atom is -0.375 e. The van der Waals surface area contributed by atoms with Crippen LogP contribution in [-0.2, 0) is 18.3 Å². The maximum absolute atomic E-state index is 5.59. The molecule has 0 aliphatic carbocycles. The molecule has 2 rings (SSSR count). The van der Waals surface area contributed by atoms with Crippen molar-refractivity contribution in [2.24, 2.45) is 7.05 Å². The van der Waals surface area contributed by atoms with Crippen molar-refractivity contribution in [3.63, 3.8) is 0 Å². The first-order valence-corrected chi connectivity index (χ1v) is 6.43. The molecule has 102 valence electrons. The van der Waals surface area contributed by atoms with Crippen LogP contribution in [0, 0.1) is 0 Å². The molecule has 0 bridgehead atoms. The number of methoxy groups -OCH3 is 1. The first kappa shape index (κ1) is 13.8. The molecule has 4 heteroatoms. The standard InChI is InChI=1S/C15H21N3O/c1-17(10-13-9-16-18(2)11-13)12-15(19-3)14-7-5-4-6-8-14/h4-9,11,15H,10,12H2,1-3H3/t15-/m1/s1. The molecule has 1 aromatic heterocycles. The summed E-state index contributed by atoms with van der Waals surface area (Å²) in [5.74, 6) is 0. The highest BCUT2D eigenvalue weighted by Gasteiger charge is 2.13. The first-order chi connectivity index (χ1) is 9.19. The van der Waals surface area contributed by atoms with Crippen LogP contribution >= 0.6 is 0 Å². The summed E-state index contributed by atoms with van der Waals surface area (Å²) in [4.78, 5) is 2.25. The molecule has 0 saturated carbocycles. The topological polar surface area (TPSA) is 30.3 Å². The monoisotopic (exact) mass is 259 g/mol. The molecule has 0 N–H and O–H groups in total. The number of nitrogens with zero attached hydrogens (tertiary/aromatic N) is 3. The molecule has 0 radical (unpaired) electrons. The van der Waals surface area contributed by atoms with E-state index in [0.29, 0.717) is 0 Å². The molecule has 1 heterocycles. The van der Waals surface area contributed by atoms with Crippen molar-refractivity contribution in [2.75, 3.05) is 20.7 Å². The molecule has 0 spiro atoms. The second-order valence-corrected chi connectivity index (χ2v) is 4.85. The first-order valence-electron chi connectivity index (χ1n) is 6.43. The third kappa shape index (κ3) is 3.91. The summed E-state index contributed by atoms with van der Waals surface area (Å²) in [6.45, 7) is 1.73. The Morgan fingerprint density at radius 1 is 1.32 bits per heavy atom. The number of benzene rings is 1.